The third kappa shape index (κ3) is 6.14. The fourth-order valence-corrected chi connectivity index (χ4v) is 4.48. The number of alkyl halides is 5. The average molecular weight is 511 g/mol. The summed E-state index contributed by atoms with van der Waals surface area (Å²) in [4.78, 5) is 16.2. The monoisotopic (exact) mass is 510 g/mol. The maximum absolute atomic E-state index is 13.2. The van der Waals surface area contributed by atoms with Crippen LogP contribution in [0.15, 0.2) is 18.2 Å². The molecule has 1 fully saturated rings. The molecule has 0 unspecified atom stereocenters. The molecule has 1 aliphatic rings. The van der Waals surface area contributed by atoms with Gasteiger partial charge in [0.15, 0.2) is 0 Å². The molecule has 0 spiro atoms. The normalized spacial score (nSPS) is 20.5. The highest BCUT2D eigenvalue weighted by Crippen LogP contribution is 2.47. The minimum atomic E-state index is -4.32. The molecule has 1 aromatic carbocycles. The second kappa shape index (κ2) is 11.3. The van der Waals surface area contributed by atoms with Gasteiger partial charge in [0.1, 0.15) is 5.75 Å². The van der Waals surface area contributed by atoms with E-state index in [2.05, 4.69) is 5.10 Å². The topological polar surface area (TPSA) is 81.4 Å². The van der Waals surface area contributed by atoms with Gasteiger partial charge >= 0.3 is 18.9 Å². The van der Waals surface area contributed by atoms with Crippen molar-refractivity contribution in [1.29, 1.82) is 0 Å². The molecule has 0 radical (unpaired) electrons. The van der Waals surface area contributed by atoms with Gasteiger partial charge in [-0.3, -0.25) is 4.68 Å². The van der Waals surface area contributed by atoms with Crippen LogP contribution in [0.25, 0.3) is 11.3 Å². The van der Waals surface area contributed by atoms with Crippen LogP contribution in [0.1, 0.15) is 50.8 Å². The van der Waals surface area contributed by atoms with Crippen molar-refractivity contribution in [1.82, 2.24) is 9.78 Å². The van der Waals surface area contributed by atoms with Gasteiger partial charge in [0, 0.05) is 12.1 Å². The first-order valence-corrected chi connectivity index (χ1v) is 10.9. The lowest BCUT2D eigenvalue weighted by atomic mass is 9.75. The second-order valence-corrected chi connectivity index (χ2v) is 8.18. The Morgan fingerprint density at radius 3 is 2.32 bits per heavy atom. The lowest BCUT2D eigenvalue weighted by Crippen LogP contribution is -2.36. The van der Waals surface area contributed by atoms with Gasteiger partial charge in [-0.1, -0.05) is 24.6 Å². The van der Waals surface area contributed by atoms with Crippen LogP contribution in [0.3, 0.4) is 0 Å². The number of benzene rings is 1. The molecule has 1 heterocycles. The van der Waals surface area contributed by atoms with E-state index < -0.39 is 24.3 Å². The van der Waals surface area contributed by atoms with Crippen LogP contribution < -0.4 is 4.74 Å². The number of hydrogen-bond acceptors (Lipinski definition) is 5. The number of rotatable bonds is 6. The van der Waals surface area contributed by atoms with Crippen molar-refractivity contribution >= 4 is 17.8 Å². The minimum Gasteiger partial charge on any atom is -0.434 e. The maximum Gasteiger partial charge on any atom is 0.391 e. The van der Waals surface area contributed by atoms with Gasteiger partial charge < -0.3 is 9.84 Å². The van der Waals surface area contributed by atoms with Gasteiger partial charge in [-0.2, -0.15) is 36.6 Å². The summed E-state index contributed by atoms with van der Waals surface area (Å²) < 4.78 is 71.6. The van der Waals surface area contributed by atoms with E-state index in [4.69, 9.17) is 25.9 Å². The fourth-order valence-electron chi connectivity index (χ4n) is 4.11. The van der Waals surface area contributed by atoms with Crippen LogP contribution in [-0.4, -0.2) is 33.8 Å². The zero-order valence-corrected chi connectivity index (χ0v) is 19.2. The predicted octanol–water partition coefficient (Wildman–Crippen LogP) is 5.74. The predicted molar refractivity (Wildman–Crippen MR) is 111 cm³/mol. The van der Waals surface area contributed by atoms with Gasteiger partial charge in [-0.25, -0.2) is 0 Å². The molecule has 1 aliphatic carbocycles. The van der Waals surface area contributed by atoms with Crippen molar-refractivity contribution in [3.63, 3.8) is 0 Å². The van der Waals surface area contributed by atoms with E-state index in [0.29, 0.717) is 29.4 Å². The minimum absolute atomic E-state index is 0.127. The van der Waals surface area contributed by atoms with E-state index in [9.17, 15) is 27.1 Å². The van der Waals surface area contributed by atoms with Crippen LogP contribution in [0, 0.1) is 5.92 Å². The van der Waals surface area contributed by atoms with Crippen LogP contribution in [0.2, 0.25) is 5.02 Å². The number of nitrogens with zero attached hydrogens (tertiary/aromatic N) is 2. The molecule has 0 bridgehead atoms. The number of aromatic nitrogens is 2. The molecule has 0 aliphatic heterocycles. The lowest BCUT2D eigenvalue weighted by Gasteiger charge is -2.37. The van der Waals surface area contributed by atoms with Crippen LogP contribution in [0.4, 0.5) is 22.0 Å². The highest BCUT2D eigenvalue weighted by molar-refractivity contribution is 6.33. The zero-order valence-electron chi connectivity index (χ0n) is 18.5. The van der Waals surface area contributed by atoms with Crippen molar-refractivity contribution in [3.05, 3.63) is 34.5 Å². The summed E-state index contributed by atoms with van der Waals surface area (Å²) in [6, 6.07) is 4.29. The molecule has 1 aromatic heterocycles. The van der Waals surface area contributed by atoms with Gasteiger partial charge in [-0.05, 0) is 56.7 Å². The number of aryl methyl sites for hydroxylation is 2. The first kappa shape index (κ1) is 27.8. The Balaban J connectivity index is 0.00000129. The average Bonchev–Trinajstić information content (AvgIpc) is 3.09. The SMILES string of the molecule is CCc1nn(CC)c(-c2ccc(C3(O)CCC(C(F)(F)F)CC3)cc2OC(F)F)c1Cl.O=C=O. The van der Waals surface area contributed by atoms with Gasteiger partial charge in [0.2, 0.25) is 0 Å². The third-order valence-electron chi connectivity index (χ3n) is 5.86. The number of aliphatic hydroxyl groups is 1. The highest BCUT2D eigenvalue weighted by Gasteiger charge is 2.46. The van der Waals surface area contributed by atoms with Crippen molar-refractivity contribution in [2.24, 2.45) is 5.92 Å². The second-order valence-electron chi connectivity index (χ2n) is 7.80. The van der Waals surface area contributed by atoms with Crippen molar-refractivity contribution in [2.75, 3.05) is 0 Å². The highest BCUT2D eigenvalue weighted by atomic mass is 35.5. The lowest BCUT2D eigenvalue weighted by molar-refractivity contribution is -0.193. The Kier molecular flexibility index (Phi) is 9.22. The fraction of sp³-hybridized carbons (Fsp3) is 0.545. The molecule has 6 nitrogen and oxygen atoms in total. The molecule has 0 amide bonds. The summed E-state index contributed by atoms with van der Waals surface area (Å²) in [6.07, 6.45) is -4.25. The number of carbonyl (C=O) groups excluding carboxylic acids is 2. The van der Waals surface area contributed by atoms with Gasteiger partial charge in [0.25, 0.3) is 0 Å². The molecular formula is C22H24ClF5N2O4. The van der Waals surface area contributed by atoms with E-state index in [-0.39, 0.29) is 48.7 Å². The van der Waals surface area contributed by atoms with Crippen molar-refractivity contribution in [2.45, 2.75) is 70.9 Å². The molecule has 0 saturated heterocycles. The van der Waals surface area contributed by atoms with Crippen molar-refractivity contribution < 1.29 is 41.4 Å². The summed E-state index contributed by atoms with van der Waals surface area (Å²) in [5.41, 5.74) is -0.0209. The van der Waals surface area contributed by atoms with Crippen LogP contribution >= 0.6 is 11.6 Å². The van der Waals surface area contributed by atoms with Crippen LogP contribution in [-0.2, 0) is 28.2 Å². The summed E-state index contributed by atoms with van der Waals surface area (Å²) in [5.74, 6) is -1.69. The Morgan fingerprint density at radius 1 is 1.26 bits per heavy atom. The quantitative estimate of drug-likeness (QED) is 0.501. The Labute approximate surface area is 197 Å². The summed E-state index contributed by atoms with van der Waals surface area (Å²) >= 11 is 6.44. The Hall–Kier alpha value is -2.49. The molecule has 34 heavy (non-hydrogen) atoms. The van der Waals surface area contributed by atoms with Gasteiger partial charge in [0.05, 0.1) is 27.9 Å². The molecule has 2 aromatic rings. The zero-order chi connectivity index (χ0) is 25.7. The van der Waals surface area contributed by atoms with E-state index in [1.54, 1.807) is 4.68 Å². The van der Waals surface area contributed by atoms with E-state index in [0.717, 1.165) is 0 Å². The number of ether oxygens (including phenoxy) is 1. The smallest absolute Gasteiger partial charge is 0.391 e. The summed E-state index contributed by atoms with van der Waals surface area (Å²) in [6.45, 7) is 1.00. The molecule has 1 N–H and O–H groups in total. The van der Waals surface area contributed by atoms with Gasteiger partial charge in [-0.15, -0.1) is 0 Å². The van der Waals surface area contributed by atoms with Crippen LogP contribution in [0.5, 0.6) is 5.75 Å². The largest absolute Gasteiger partial charge is 0.434 e. The standard InChI is InChI=1S/C21H24ClF5N2O2.CO2/c1-3-15-17(22)18(29(4-2)28-15)14-6-5-13(11-16(14)31-19(23)24)20(30)9-7-12(8-10-20)21(25,26)27;2-1-3/h5-6,11-12,19,30H,3-4,7-10H2,1-2H3;. The molecule has 1 saturated carbocycles. The number of hydrogen-bond donors (Lipinski definition) is 1. The first-order chi connectivity index (χ1) is 15.9. The summed E-state index contributed by atoms with van der Waals surface area (Å²) in [7, 11) is 0. The number of halogens is 6. The van der Waals surface area contributed by atoms with E-state index in [1.807, 2.05) is 13.8 Å². The van der Waals surface area contributed by atoms with E-state index in [1.165, 1.54) is 18.2 Å². The molecule has 0 atom stereocenters. The molecule has 188 valence electrons. The first-order valence-electron chi connectivity index (χ1n) is 10.5. The van der Waals surface area contributed by atoms with E-state index >= 15 is 0 Å². The third-order valence-corrected chi connectivity index (χ3v) is 6.26. The Morgan fingerprint density at radius 2 is 1.85 bits per heavy atom. The van der Waals surface area contributed by atoms with Crippen molar-refractivity contribution in [3.8, 4) is 17.0 Å². The maximum atomic E-state index is 13.2. The Bertz CT molecular complexity index is 1010. The molecular weight excluding hydrogens is 487 g/mol. The molecule has 3 rings (SSSR count). The molecule has 12 heteroatoms. The summed E-state index contributed by atoms with van der Waals surface area (Å²) in [5, 5.41) is 15.7.